The first-order chi connectivity index (χ1) is 7.16. The van der Waals surface area contributed by atoms with Gasteiger partial charge in [0.05, 0.1) is 5.02 Å². The van der Waals surface area contributed by atoms with Crippen molar-refractivity contribution < 1.29 is 4.39 Å². The molecular formula is C12H15ClFN. The van der Waals surface area contributed by atoms with Gasteiger partial charge in [0.1, 0.15) is 5.82 Å². The Hall–Kier alpha value is -0.860. The van der Waals surface area contributed by atoms with Crippen LogP contribution >= 0.6 is 11.6 Å². The standard InChI is InChI=1S/C12H15ClFN/c1-2-3-4-8-11(15)9-6-5-7-10(14)12(9)13/h2,5-7,11H,1,3-4,8,15H2. The summed E-state index contributed by atoms with van der Waals surface area (Å²) in [4.78, 5) is 0. The van der Waals surface area contributed by atoms with Gasteiger partial charge in [-0.2, -0.15) is 0 Å². The first-order valence-corrected chi connectivity index (χ1v) is 5.35. The second-order valence-corrected chi connectivity index (χ2v) is 3.85. The topological polar surface area (TPSA) is 26.0 Å². The van der Waals surface area contributed by atoms with E-state index in [1.54, 1.807) is 12.1 Å². The molecule has 1 unspecified atom stereocenters. The normalized spacial score (nSPS) is 12.5. The van der Waals surface area contributed by atoms with Crippen LogP contribution in [0.4, 0.5) is 4.39 Å². The Morgan fingerprint density at radius 3 is 2.93 bits per heavy atom. The van der Waals surface area contributed by atoms with E-state index < -0.39 is 5.82 Å². The summed E-state index contributed by atoms with van der Waals surface area (Å²) in [5, 5.41) is 0.142. The summed E-state index contributed by atoms with van der Waals surface area (Å²) in [6.07, 6.45) is 4.49. The van der Waals surface area contributed by atoms with Gasteiger partial charge in [-0.25, -0.2) is 4.39 Å². The molecule has 0 saturated carbocycles. The molecule has 1 rings (SSSR count). The van der Waals surface area contributed by atoms with Gasteiger partial charge in [-0.3, -0.25) is 0 Å². The third kappa shape index (κ3) is 3.33. The van der Waals surface area contributed by atoms with Crippen molar-refractivity contribution in [2.45, 2.75) is 25.3 Å². The van der Waals surface area contributed by atoms with Crippen molar-refractivity contribution in [1.82, 2.24) is 0 Å². The highest BCUT2D eigenvalue weighted by Crippen LogP contribution is 2.26. The van der Waals surface area contributed by atoms with Crippen molar-refractivity contribution >= 4 is 11.6 Å². The largest absolute Gasteiger partial charge is 0.324 e. The molecule has 0 bridgehead atoms. The van der Waals surface area contributed by atoms with Gasteiger partial charge in [-0.15, -0.1) is 6.58 Å². The van der Waals surface area contributed by atoms with Crippen LogP contribution < -0.4 is 5.73 Å². The van der Waals surface area contributed by atoms with Crippen molar-refractivity contribution in [1.29, 1.82) is 0 Å². The van der Waals surface area contributed by atoms with Gasteiger partial charge in [0.25, 0.3) is 0 Å². The molecule has 0 amide bonds. The van der Waals surface area contributed by atoms with Crippen molar-refractivity contribution in [3.63, 3.8) is 0 Å². The number of hydrogen-bond acceptors (Lipinski definition) is 1. The van der Waals surface area contributed by atoms with Gasteiger partial charge in [-0.1, -0.05) is 29.8 Å². The smallest absolute Gasteiger partial charge is 0.142 e. The van der Waals surface area contributed by atoms with Crippen LogP contribution in [0.2, 0.25) is 5.02 Å². The molecule has 15 heavy (non-hydrogen) atoms. The van der Waals surface area contributed by atoms with E-state index in [1.807, 2.05) is 6.08 Å². The molecular weight excluding hydrogens is 213 g/mol. The number of hydrogen-bond donors (Lipinski definition) is 1. The predicted molar refractivity (Wildman–Crippen MR) is 62.4 cm³/mol. The molecule has 3 heteroatoms. The molecule has 2 N–H and O–H groups in total. The van der Waals surface area contributed by atoms with Crippen LogP contribution in [0.5, 0.6) is 0 Å². The van der Waals surface area contributed by atoms with Crippen molar-refractivity contribution in [3.05, 3.63) is 47.3 Å². The summed E-state index contributed by atoms with van der Waals surface area (Å²) in [6, 6.07) is 4.53. The molecule has 0 fully saturated rings. The van der Waals surface area contributed by atoms with E-state index in [4.69, 9.17) is 17.3 Å². The Kier molecular flexibility index (Phi) is 4.79. The lowest BCUT2D eigenvalue weighted by atomic mass is 10.0. The number of unbranched alkanes of at least 4 members (excludes halogenated alkanes) is 1. The van der Waals surface area contributed by atoms with Crippen LogP contribution in [-0.4, -0.2) is 0 Å². The Bertz CT molecular complexity index is 338. The van der Waals surface area contributed by atoms with Gasteiger partial charge >= 0.3 is 0 Å². The maximum atomic E-state index is 13.1. The zero-order valence-electron chi connectivity index (χ0n) is 8.55. The lowest BCUT2D eigenvalue weighted by Crippen LogP contribution is -2.11. The fourth-order valence-corrected chi connectivity index (χ4v) is 1.71. The zero-order chi connectivity index (χ0) is 11.3. The summed E-state index contributed by atoms with van der Waals surface area (Å²) >= 11 is 5.83. The summed E-state index contributed by atoms with van der Waals surface area (Å²) in [5.41, 5.74) is 6.60. The molecule has 1 aromatic rings. The fourth-order valence-electron chi connectivity index (χ4n) is 1.44. The quantitative estimate of drug-likeness (QED) is 0.600. The highest BCUT2D eigenvalue weighted by atomic mass is 35.5. The molecule has 0 heterocycles. The fraction of sp³-hybridized carbons (Fsp3) is 0.333. The lowest BCUT2D eigenvalue weighted by molar-refractivity contribution is 0.597. The van der Waals surface area contributed by atoms with Crippen LogP contribution in [0.25, 0.3) is 0 Å². The van der Waals surface area contributed by atoms with Crippen LogP contribution in [0.15, 0.2) is 30.9 Å². The monoisotopic (exact) mass is 227 g/mol. The third-order valence-electron chi connectivity index (χ3n) is 2.30. The minimum atomic E-state index is -0.409. The van der Waals surface area contributed by atoms with Gasteiger partial charge in [-0.05, 0) is 30.9 Å². The average Bonchev–Trinajstić information content (AvgIpc) is 2.22. The Balaban J connectivity index is 2.68. The maximum absolute atomic E-state index is 13.1. The number of rotatable bonds is 5. The summed E-state index contributed by atoms with van der Waals surface area (Å²) in [6.45, 7) is 3.64. The molecule has 0 saturated heterocycles. The second kappa shape index (κ2) is 5.89. The first kappa shape index (κ1) is 12.2. The molecule has 0 radical (unpaired) electrons. The number of benzene rings is 1. The van der Waals surface area contributed by atoms with E-state index in [2.05, 4.69) is 6.58 Å². The van der Waals surface area contributed by atoms with E-state index >= 15 is 0 Å². The van der Waals surface area contributed by atoms with Gasteiger partial charge in [0, 0.05) is 6.04 Å². The molecule has 82 valence electrons. The maximum Gasteiger partial charge on any atom is 0.142 e. The minimum Gasteiger partial charge on any atom is -0.324 e. The van der Waals surface area contributed by atoms with Crippen molar-refractivity contribution in [2.75, 3.05) is 0 Å². The van der Waals surface area contributed by atoms with E-state index in [1.165, 1.54) is 6.07 Å². The molecule has 0 aromatic heterocycles. The van der Waals surface area contributed by atoms with E-state index in [0.717, 1.165) is 19.3 Å². The molecule has 0 aliphatic rings. The van der Waals surface area contributed by atoms with Crippen LogP contribution in [0.1, 0.15) is 30.9 Å². The molecule has 0 aliphatic carbocycles. The average molecular weight is 228 g/mol. The molecule has 1 aromatic carbocycles. The second-order valence-electron chi connectivity index (χ2n) is 3.47. The summed E-state index contributed by atoms with van der Waals surface area (Å²) in [7, 11) is 0. The zero-order valence-corrected chi connectivity index (χ0v) is 9.30. The van der Waals surface area contributed by atoms with Crippen LogP contribution in [-0.2, 0) is 0 Å². The third-order valence-corrected chi connectivity index (χ3v) is 2.70. The van der Waals surface area contributed by atoms with Crippen LogP contribution in [0, 0.1) is 5.82 Å². The molecule has 1 nitrogen and oxygen atoms in total. The molecule has 0 spiro atoms. The van der Waals surface area contributed by atoms with Gasteiger partial charge in [0.2, 0.25) is 0 Å². The lowest BCUT2D eigenvalue weighted by Gasteiger charge is -2.13. The van der Waals surface area contributed by atoms with Crippen molar-refractivity contribution in [2.24, 2.45) is 5.73 Å². The Morgan fingerprint density at radius 2 is 2.27 bits per heavy atom. The van der Waals surface area contributed by atoms with E-state index in [9.17, 15) is 4.39 Å². The molecule has 0 aliphatic heterocycles. The number of allylic oxidation sites excluding steroid dienone is 1. The van der Waals surface area contributed by atoms with Crippen molar-refractivity contribution in [3.8, 4) is 0 Å². The summed E-state index contributed by atoms with van der Waals surface area (Å²) in [5.74, 6) is -0.409. The van der Waals surface area contributed by atoms with Gasteiger partial charge < -0.3 is 5.73 Å². The Morgan fingerprint density at radius 1 is 1.53 bits per heavy atom. The first-order valence-electron chi connectivity index (χ1n) is 4.97. The van der Waals surface area contributed by atoms with E-state index in [-0.39, 0.29) is 11.1 Å². The SMILES string of the molecule is C=CCCCC(N)c1cccc(F)c1Cl. The van der Waals surface area contributed by atoms with Gasteiger partial charge in [0.15, 0.2) is 0 Å². The minimum absolute atomic E-state index is 0.142. The molecule has 1 atom stereocenters. The summed E-state index contributed by atoms with van der Waals surface area (Å²) < 4.78 is 13.1. The number of halogens is 2. The van der Waals surface area contributed by atoms with Crippen LogP contribution in [0.3, 0.4) is 0 Å². The Labute approximate surface area is 94.7 Å². The highest BCUT2D eigenvalue weighted by molar-refractivity contribution is 6.31. The van der Waals surface area contributed by atoms with E-state index in [0.29, 0.717) is 5.56 Å². The number of nitrogens with two attached hydrogens (primary N) is 1. The highest BCUT2D eigenvalue weighted by Gasteiger charge is 2.12. The predicted octanol–water partition coefficient (Wildman–Crippen LogP) is 3.84.